The van der Waals surface area contributed by atoms with Crippen LogP contribution in [0.2, 0.25) is 0 Å². The molecular formula is C15H31NO3. The average molecular weight is 273 g/mol. The molecule has 0 saturated carbocycles. The number of ether oxygens (including phenoxy) is 2. The minimum atomic E-state index is -0.567. The van der Waals surface area contributed by atoms with Crippen molar-refractivity contribution in [1.29, 1.82) is 0 Å². The monoisotopic (exact) mass is 273 g/mol. The molecule has 1 N–H and O–H groups in total. The van der Waals surface area contributed by atoms with Crippen LogP contribution in [0, 0.1) is 5.92 Å². The summed E-state index contributed by atoms with van der Waals surface area (Å²) >= 11 is 0. The van der Waals surface area contributed by atoms with E-state index in [1.165, 1.54) is 0 Å². The first kappa shape index (κ1) is 18.4. The number of hydrogen-bond acceptors (Lipinski definition) is 4. The Morgan fingerprint density at radius 3 is 2.47 bits per heavy atom. The second-order valence-electron chi connectivity index (χ2n) is 5.51. The summed E-state index contributed by atoms with van der Waals surface area (Å²) < 4.78 is 10.7. The van der Waals surface area contributed by atoms with Gasteiger partial charge in [-0.2, -0.15) is 0 Å². The van der Waals surface area contributed by atoms with E-state index in [4.69, 9.17) is 9.47 Å². The van der Waals surface area contributed by atoms with Crippen LogP contribution in [0.25, 0.3) is 0 Å². The van der Waals surface area contributed by atoms with Crippen LogP contribution in [0.15, 0.2) is 0 Å². The fourth-order valence-corrected chi connectivity index (χ4v) is 1.94. The van der Waals surface area contributed by atoms with Crippen molar-refractivity contribution in [2.45, 2.75) is 59.4 Å². The standard InChI is InChI=1S/C15H31NO3/c1-6-16-15(5,14(17)19-7-2)10-8-9-11-18-12-13(3)4/h13,16H,6-12H2,1-5H3. The molecule has 0 radical (unpaired) electrons. The Morgan fingerprint density at radius 1 is 1.26 bits per heavy atom. The Kier molecular flexibility index (Phi) is 9.88. The maximum absolute atomic E-state index is 11.9. The van der Waals surface area contributed by atoms with Gasteiger partial charge in [0.05, 0.1) is 6.61 Å². The fraction of sp³-hybridized carbons (Fsp3) is 0.933. The van der Waals surface area contributed by atoms with Crippen molar-refractivity contribution in [3.63, 3.8) is 0 Å². The van der Waals surface area contributed by atoms with Crippen LogP contribution in [-0.2, 0) is 14.3 Å². The van der Waals surface area contributed by atoms with E-state index in [1.54, 1.807) is 0 Å². The number of carbonyl (C=O) groups excluding carboxylic acids is 1. The quantitative estimate of drug-likeness (QED) is 0.464. The van der Waals surface area contributed by atoms with Gasteiger partial charge in [-0.25, -0.2) is 0 Å². The van der Waals surface area contributed by atoms with E-state index in [9.17, 15) is 4.79 Å². The highest BCUT2D eigenvalue weighted by Gasteiger charge is 2.32. The summed E-state index contributed by atoms with van der Waals surface area (Å²) in [4.78, 5) is 11.9. The van der Waals surface area contributed by atoms with E-state index < -0.39 is 5.54 Å². The van der Waals surface area contributed by atoms with Gasteiger partial charge in [0.2, 0.25) is 0 Å². The molecule has 4 nitrogen and oxygen atoms in total. The van der Waals surface area contributed by atoms with Gasteiger partial charge >= 0.3 is 5.97 Å². The molecule has 0 bridgehead atoms. The smallest absolute Gasteiger partial charge is 0.326 e. The summed E-state index contributed by atoms with van der Waals surface area (Å²) in [6.45, 7) is 12.8. The SMILES string of the molecule is CCNC(C)(CCCCOCC(C)C)C(=O)OCC. The zero-order valence-electron chi connectivity index (χ0n) is 13.3. The Hall–Kier alpha value is -0.610. The highest BCUT2D eigenvalue weighted by molar-refractivity contribution is 5.80. The maximum atomic E-state index is 11.9. The lowest BCUT2D eigenvalue weighted by Crippen LogP contribution is -2.50. The molecule has 0 aliphatic carbocycles. The molecule has 0 heterocycles. The zero-order valence-corrected chi connectivity index (χ0v) is 13.3. The summed E-state index contributed by atoms with van der Waals surface area (Å²) in [5.41, 5.74) is -0.567. The maximum Gasteiger partial charge on any atom is 0.326 e. The van der Waals surface area contributed by atoms with Crippen molar-refractivity contribution in [3.05, 3.63) is 0 Å². The van der Waals surface area contributed by atoms with Crippen LogP contribution in [0.3, 0.4) is 0 Å². The zero-order chi connectivity index (χ0) is 14.7. The number of nitrogens with one attached hydrogen (secondary N) is 1. The number of esters is 1. The first-order valence-electron chi connectivity index (χ1n) is 7.46. The lowest BCUT2D eigenvalue weighted by atomic mass is 9.95. The predicted octanol–water partition coefficient (Wildman–Crippen LogP) is 2.76. The van der Waals surface area contributed by atoms with Crippen molar-refractivity contribution in [2.24, 2.45) is 5.92 Å². The molecule has 19 heavy (non-hydrogen) atoms. The molecule has 0 aromatic carbocycles. The van der Waals surface area contributed by atoms with Crippen LogP contribution in [0.1, 0.15) is 53.9 Å². The fourth-order valence-electron chi connectivity index (χ4n) is 1.94. The number of likely N-dealkylation sites (N-methyl/N-ethyl adjacent to an activating group) is 1. The highest BCUT2D eigenvalue weighted by atomic mass is 16.5. The molecule has 1 unspecified atom stereocenters. The Morgan fingerprint density at radius 2 is 1.95 bits per heavy atom. The molecule has 0 aliphatic heterocycles. The van der Waals surface area contributed by atoms with Crippen LogP contribution in [-0.4, -0.2) is 37.9 Å². The van der Waals surface area contributed by atoms with E-state index in [2.05, 4.69) is 19.2 Å². The number of hydrogen-bond donors (Lipinski definition) is 1. The van der Waals surface area contributed by atoms with Crippen molar-refractivity contribution in [1.82, 2.24) is 5.32 Å². The van der Waals surface area contributed by atoms with Gasteiger partial charge in [-0.1, -0.05) is 20.8 Å². The lowest BCUT2D eigenvalue weighted by Gasteiger charge is -2.28. The molecule has 0 rings (SSSR count). The van der Waals surface area contributed by atoms with E-state index in [1.807, 2.05) is 20.8 Å². The largest absolute Gasteiger partial charge is 0.465 e. The first-order chi connectivity index (χ1) is 8.96. The molecule has 0 fully saturated rings. The molecule has 4 heteroatoms. The summed E-state index contributed by atoms with van der Waals surface area (Å²) in [5.74, 6) is 0.423. The summed E-state index contributed by atoms with van der Waals surface area (Å²) in [6, 6.07) is 0. The molecule has 1 atom stereocenters. The Balaban J connectivity index is 3.97. The van der Waals surface area contributed by atoms with Crippen LogP contribution >= 0.6 is 0 Å². The van der Waals surface area contributed by atoms with Gasteiger partial charge in [-0.15, -0.1) is 0 Å². The van der Waals surface area contributed by atoms with Gasteiger partial charge in [0.25, 0.3) is 0 Å². The molecule has 0 spiro atoms. The number of rotatable bonds is 11. The summed E-state index contributed by atoms with van der Waals surface area (Å²) in [5, 5.41) is 3.24. The van der Waals surface area contributed by atoms with Gasteiger partial charge in [-0.05, 0) is 45.6 Å². The Bertz CT molecular complexity index is 244. The average Bonchev–Trinajstić information content (AvgIpc) is 2.34. The van der Waals surface area contributed by atoms with Crippen molar-refractivity contribution in [3.8, 4) is 0 Å². The second kappa shape index (κ2) is 10.2. The van der Waals surface area contributed by atoms with Crippen molar-refractivity contribution >= 4 is 5.97 Å². The van der Waals surface area contributed by atoms with Crippen molar-refractivity contribution < 1.29 is 14.3 Å². The van der Waals surface area contributed by atoms with E-state index in [0.29, 0.717) is 12.5 Å². The molecule has 0 saturated heterocycles. The lowest BCUT2D eigenvalue weighted by molar-refractivity contribution is -0.150. The molecular weight excluding hydrogens is 242 g/mol. The Labute approximate surface area is 118 Å². The number of carbonyl (C=O) groups is 1. The summed E-state index contributed by atoms with van der Waals surface area (Å²) in [6.07, 6.45) is 2.72. The second-order valence-corrected chi connectivity index (χ2v) is 5.51. The third-order valence-electron chi connectivity index (χ3n) is 2.96. The third-order valence-corrected chi connectivity index (χ3v) is 2.96. The predicted molar refractivity (Wildman–Crippen MR) is 78.2 cm³/mol. The molecule has 0 aromatic rings. The first-order valence-corrected chi connectivity index (χ1v) is 7.46. The van der Waals surface area contributed by atoms with E-state index in [0.717, 1.165) is 39.0 Å². The minimum absolute atomic E-state index is 0.153. The molecule has 0 aliphatic rings. The van der Waals surface area contributed by atoms with Gasteiger partial charge < -0.3 is 14.8 Å². The normalized spacial score (nSPS) is 14.4. The van der Waals surface area contributed by atoms with Crippen LogP contribution in [0.5, 0.6) is 0 Å². The molecule has 114 valence electrons. The van der Waals surface area contributed by atoms with Crippen LogP contribution < -0.4 is 5.32 Å². The topological polar surface area (TPSA) is 47.6 Å². The van der Waals surface area contributed by atoms with Gasteiger partial charge in [-0.3, -0.25) is 4.79 Å². The minimum Gasteiger partial charge on any atom is -0.465 e. The highest BCUT2D eigenvalue weighted by Crippen LogP contribution is 2.16. The van der Waals surface area contributed by atoms with Gasteiger partial charge in [0.1, 0.15) is 5.54 Å². The van der Waals surface area contributed by atoms with Gasteiger partial charge in [0, 0.05) is 13.2 Å². The van der Waals surface area contributed by atoms with E-state index in [-0.39, 0.29) is 5.97 Å². The van der Waals surface area contributed by atoms with Crippen LogP contribution in [0.4, 0.5) is 0 Å². The van der Waals surface area contributed by atoms with E-state index >= 15 is 0 Å². The third kappa shape index (κ3) is 8.22. The number of unbranched alkanes of at least 4 members (excludes halogenated alkanes) is 1. The molecule has 0 amide bonds. The van der Waals surface area contributed by atoms with Gasteiger partial charge in [0.15, 0.2) is 0 Å². The summed E-state index contributed by atoms with van der Waals surface area (Å²) in [7, 11) is 0. The molecule has 0 aromatic heterocycles. The van der Waals surface area contributed by atoms with Crippen molar-refractivity contribution in [2.75, 3.05) is 26.4 Å².